The average Bonchev–Trinajstić information content (AvgIpc) is 2.45. The van der Waals surface area contributed by atoms with Crippen molar-refractivity contribution in [2.45, 2.75) is 57.3 Å². The summed E-state index contributed by atoms with van der Waals surface area (Å²) in [5.74, 6) is -3.38. The summed E-state index contributed by atoms with van der Waals surface area (Å²) >= 11 is 6.08. The first-order valence-corrected chi connectivity index (χ1v) is 11.1. The van der Waals surface area contributed by atoms with Gasteiger partial charge >= 0.3 is 11.8 Å². The largest absolute Gasteiger partial charge is 0.464 e. The lowest BCUT2D eigenvalue weighted by Gasteiger charge is -2.42. The third-order valence-electron chi connectivity index (χ3n) is 4.77. The van der Waals surface area contributed by atoms with E-state index in [1.807, 2.05) is 0 Å². The number of ether oxygens (including phenoxy) is 2. The molecular weight excluding hydrogens is 351 g/mol. The minimum Gasteiger partial charge on any atom is -0.464 e. The zero-order valence-electron chi connectivity index (χ0n) is 14.9. The molecule has 0 saturated heterocycles. The van der Waals surface area contributed by atoms with Gasteiger partial charge < -0.3 is 13.9 Å². The summed E-state index contributed by atoms with van der Waals surface area (Å²) in [6.45, 7) is 10.4. The Bertz CT molecular complexity index is 644. The van der Waals surface area contributed by atoms with Gasteiger partial charge in [0.2, 0.25) is 0 Å². The lowest BCUT2D eigenvalue weighted by molar-refractivity contribution is -0.186. The average molecular weight is 375 g/mol. The van der Waals surface area contributed by atoms with Gasteiger partial charge in [-0.05, 0) is 36.3 Å². The van der Waals surface area contributed by atoms with Gasteiger partial charge in [0, 0.05) is 10.6 Å². The molecule has 0 bridgehead atoms. The predicted molar refractivity (Wildman–Crippen MR) is 93.6 cm³/mol. The van der Waals surface area contributed by atoms with Crippen LogP contribution < -0.4 is 4.74 Å². The van der Waals surface area contributed by atoms with Gasteiger partial charge in [-0.25, -0.2) is 4.79 Å². The van der Waals surface area contributed by atoms with Crippen molar-refractivity contribution in [1.29, 1.82) is 0 Å². The molecule has 0 amide bonds. The van der Waals surface area contributed by atoms with E-state index in [1.165, 1.54) is 0 Å². The molecule has 2 atom stereocenters. The van der Waals surface area contributed by atoms with Gasteiger partial charge in [-0.1, -0.05) is 32.4 Å². The number of fused-ring (bicyclic) bond motifs is 1. The maximum absolute atomic E-state index is 15.1. The number of rotatable bonds is 3. The molecule has 0 aliphatic carbocycles. The second kappa shape index (κ2) is 6.31. The minimum atomic E-state index is -2.57. The third-order valence-corrected chi connectivity index (χ3v) is 9.49. The van der Waals surface area contributed by atoms with Gasteiger partial charge in [0.25, 0.3) is 0 Å². The molecule has 1 aliphatic heterocycles. The molecule has 0 fully saturated rings. The second-order valence-corrected chi connectivity index (χ2v) is 12.8. The zero-order valence-corrected chi connectivity index (χ0v) is 16.7. The number of carbonyl (C=O) groups is 1. The highest BCUT2D eigenvalue weighted by molar-refractivity contribution is 6.74. The number of alkyl halides is 1. The van der Waals surface area contributed by atoms with Crippen molar-refractivity contribution in [2.75, 3.05) is 7.11 Å². The second-order valence-electron chi connectivity index (χ2n) is 7.58. The summed E-state index contributed by atoms with van der Waals surface area (Å²) in [5, 5.41) is 0.444. The summed E-state index contributed by atoms with van der Waals surface area (Å²) in [5.41, 5.74) is 0.657. The molecule has 7 heteroatoms. The Morgan fingerprint density at radius 1 is 1.42 bits per heavy atom. The van der Waals surface area contributed by atoms with E-state index in [1.54, 1.807) is 18.2 Å². The van der Waals surface area contributed by atoms with Crippen molar-refractivity contribution in [3.63, 3.8) is 0 Å². The summed E-state index contributed by atoms with van der Waals surface area (Å²) < 4.78 is 31.3. The fraction of sp³-hybridized carbons (Fsp3) is 0.588. The Labute approximate surface area is 148 Å². The fourth-order valence-corrected chi connectivity index (χ4v) is 3.80. The van der Waals surface area contributed by atoms with Crippen molar-refractivity contribution in [3.05, 3.63) is 28.8 Å². The number of hydrogen-bond acceptors (Lipinski definition) is 4. The Hall–Kier alpha value is -1.11. The van der Waals surface area contributed by atoms with Crippen LogP contribution in [0.5, 0.6) is 5.75 Å². The number of hydrogen-bond donors (Lipinski definition) is 0. The van der Waals surface area contributed by atoms with E-state index in [4.69, 9.17) is 20.8 Å². The molecular formula is C17H24ClFO4Si. The molecule has 2 rings (SSSR count). The molecule has 1 aromatic carbocycles. The van der Waals surface area contributed by atoms with E-state index in [-0.39, 0.29) is 17.2 Å². The molecule has 1 aliphatic rings. The predicted octanol–water partition coefficient (Wildman–Crippen LogP) is 5.02. The van der Waals surface area contributed by atoms with E-state index in [2.05, 4.69) is 38.6 Å². The topological polar surface area (TPSA) is 44.8 Å². The first-order valence-electron chi connectivity index (χ1n) is 7.83. The van der Waals surface area contributed by atoms with Crippen LogP contribution >= 0.6 is 11.6 Å². The van der Waals surface area contributed by atoms with Crippen LogP contribution in [0.1, 0.15) is 38.9 Å². The van der Waals surface area contributed by atoms with E-state index in [9.17, 15) is 4.79 Å². The van der Waals surface area contributed by atoms with E-state index in [0.717, 1.165) is 7.11 Å². The molecule has 0 N–H and O–H groups in total. The fourth-order valence-electron chi connectivity index (χ4n) is 2.34. The summed E-state index contributed by atoms with van der Waals surface area (Å²) in [4.78, 5) is 11.9. The smallest absolute Gasteiger partial charge is 0.384 e. The molecule has 4 nitrogen and oxygen atoms in total. The van der Waals surface area contributed by atoms with E-state index in [0.29, 0.717) is 10.6 Å². The molecule has 1 heterocycles. The third kappa shape index (κ3) is 3.60. The Kier molecular flexibility index (Phi) is 5.06. The minimum absolute atomic E-state index is 0.0612. The van der Waals surface area contributed by atoms with Gasteiger partial charge in [-0.2, -0.15) is 4.39 Å². The number of esters is 1. The lowest BCUT2D eigenvalue weighted by Crippen LogP contribution is -2.49. The van der Waals surface area contributed by atoms with Crippen LogP contribution in [-0.2, 0) is 14.0 Å². The van der Waals surface area contributed by atoms with Crippen molar-refractivity contribution in [2.24, 2.45) is 0 Å². The van der Waals surface area contributed by atoms with Crippen LogP contribution in [-0.4, -0.2) is 27.3 Å². The van der Waals surface area contributed by atoms with Crippen molar-refractivity contribution in [1.82, 2.24) is 0 Å². The summed E-state index contributed by atoms with van der Waals surface area (Å²) in [6, 6.07) is 4.84. The molecule has 0 saturated carbocycles. The lowest BCUT2D eigenvalue weighted by atomic mass is 9.97. The SMILES string of the molecule is COC(=O)C1(F)CC(O[Si](C)(C)C(C)(C)C)c2cc(Cl)ccc2O1. The van der Waals surface area contributed by atoms with Gasteiger partial charge in [-0.3, -0.25) is 0 Å². The van der Waals surface area contributed by atoms with Crippen molar-refractivity contribution >= 4 is 25.9 Å². The van der Waals surface area contributed by atoms with Crippen LogP contribution in [0.15, 0.2) is 18.2 Å². The van der Waals surface area contributed by atoms with Gasteiger partial charge in [0.05, 0.1) is 19.6 Å². The molecule has 0 radical (unpaired) electrons. The highest BCUT2D eigenvalue weighted by Crippen LogP contribution is 2.48. The molecule has 24 heavy (non-hydrogen) atoms. The Morgan fingerprint density at radius 2 is 2.04 bits per heavy atom. The number of methoxy groups -OCH3 is 1. The number of carbonyl (C=O) groups excluding carboxylic acids is 1. The molecule has 2 unspecified atom stereocenters. The quantitative estimate of drug-likeness (QED) is 0.550. The summed E-state index contributed by atoms with van der Waals surface area (Å²) in [6.07, 6.45) is -0.892. The molecule has 0 spiro atoms. The van der Waals surface area contributed by atoms with E-state index >= 15 is 4.39 Å². The number of benzene rings is 1. The number of halogens is 2. The Morgan fingerprint density at radius 3 is 2.58 bits per heavy atom. The van der Waals surface area contributed by atoms with Crippen LogP contribution in [0, 0.1) is 0 Å². The van der Waals surface area contributed by atoms with Gasteiger partial charge in [0.15, 0.2) is 8.32 Å². The highest BCUT2D eigenvalue weighted by Gasteiger charge is 2.51. The maximum Gasteiger partial charge on any atom is 0.384 e. The highest BCUT2D eigenvalue weighted by atomic mass is 35.5. The molecule has 0 aromatic heterocycles. The molecule has 1 aromatic rings. The van der Waals surface area contributed by atoms with E-state index < -0.39 is 26.2 Å². The van der Waals surface area contributed by atoms with Gasteiger partial charge in [-0.15, -0.1) is 0 Å². The first-order chi connectivity index (χ1) is 10.9. The maximum atomic E-state index is 15.1. The normalized spacial score (nSPS) is 24.1. The monoisotopic (exact) mass is 374 g/mol. The first kappa shape index (κ1) is 19.2. The molecule has 134 valence electrons. The van der Waals surface area contributed by atoms with Crippen molar-refractivity contribution in [3.8, 4) is 5.75 Å². The summed E-state index contributed by atoms with van der Waals surface area (Å²) in [7, 11) is -1.07. The van der Waals surface area contributed by atoms with Crippen LogP contribution in [0.25, 0.3) is 0 Å². The standard InChI is InChI=1S/C17H24ClFO4Si/c1-16(2,3)24(5,6)23-14-10-17(19,15(20)21-4)22-13-8-7-11(18)9-12(13)14/h7-9,14H,10H2,1-6H3. The van der Waals surface area contributed by atoms with Crippen molar-refractivity contribution < 1.29 is 23.1 Å². The zero-order chi connectivity index (χ0) is 18.3. The van der Waals surface area contributed by atoms with Crippen LogP contribution in [0.2, 0.25) is 23.2 Å². The Balaban J connectivity index is 2.45. The van der Waals surface area contributed by atoms with Crippen LogP contribution in [0.3, 0.4) is 0 Å². The van der Waals surface area contributed by atoms with Gasteiger partial charge in [0.1, 0.15) is 5.75 Å². The van der Waals surface area contributed by atoms with Crippen LogP contribution in [0.4, 0.5) is 4.39 Å².